The van der Waals surface area contributed by atoms with Crippen molar-refractivity contribution in [3.8, 4) is 0 Å². The highest BCUT2D eigenvalue weighted by Gasteiger charge is 2.41. The summed E-state index contributed by atoms with van der Waals surface area (Å²) in [6, 6.07) is 10.8. The first-order chi connectivity index (χ1) is 32.9. The zero-order valence-corrected chi connectivity index (χ0v) is 37.9. The number of fused-ring (bicyclic) bond motifs is 2. The van der Waals surface area contributed by atoms with Crippen LogP contribution in [0.4, 0.5) is 52.7 Å². The number of benzene rings is 2. The maximum atomic E-state index is 13.4. The van der Waals surface area contributed by atoms with Gasteiger partial charge < -0.3 is 19.6 Å². The molecule has 70 heavy (non-hydrogen) atoms. The molecule has 0 bridgehead atoms. The number of carbonyl (C=O) groups excluding carboxylic acids is 4. The van der Waals surface area contributed by atoms with Gasteiger partial charge in [-0.2, -0.15) is 62.9 Å². The van der Waals surface area contributed by atoms with Gasteiger partial charge in [0.25, 0.3) is 11.8 Å². The minimum Gasteiger partial charge on any atom is -0.338 e. The molecule has 2 fully saturated rings. The van der Waals surface area contributed by atoms with Crippen molar-refractivity contribution in [2.24, 2.45) is 0 Å². The zero-order valence-electron chi connectivity index (χ0n) is 37.9. The van der Waals surface area contributed by atoms with Crippen LogP contribution in [0.2, 0.25) is 0 Å². The Balaban J connectivity index is 0.000000222. The first-order valence-electron chi connectivity index (χ1n) is 22.6. The fourth-order valence-electron chi connectivity index (χ4n) is 9.25. The fourth-order valence-corrected chi connectivity index (χ4v) is 9.25. The quantitative estimate of drug-likeness (QED) is 0.185. The molecule has 0 atom stereocenters. The predicted octanol–water partition coefficient (Wildman–Crippen LogP) is 9.94. The normalized spacial score (nSPS) is 17.2. The SMILES string of the molecule is CC.O=C(CC(F)(F)F)N1CCCc2[nH]nc(C(=O)N3CCC(c4ccccc4C(F)(F)F)CC3)c2C1.O=C(CC(F)(F)F)N1Cc2[nH]nc(C(=O)N3CCC(c4ccccc4C(F)(F)F)CC3)c2C1. The first kappa shape index (κ1) is 53.3. The van der Waals surface area contributed by atoms with Crippen LogP contribution in [0.5, 0.6) is 0 Å². The Hall–Kier alpha value is -6.10. The Morgan fingerprint density at radius 1 is 0.529 bits per heavy atom. The predicted molar refractivity (Wildman–Crippen MR) is 227 cm³/mol. The van der Waals surface area contributed by atoms with Crippen LogP contribution in [0.3, 0.4) is 0 Å². The highest BCUT2D eigenvalue weighted by Crippen LogP contribution is 2.41. The average molecular weight is 1010 g/mol. The fraction of sp³-hybridized carbons (Fsp3) is 0.522. The van der Waals surface area contributed by atoms with Crippen LogP contribution in [0, 0.1) is 0 Å². The van der Waals surface area contributed by atoms with Crippen molar-refractivity contribution in [3.05, 3.63) is 105 Å². The third-order valence-electron chi connectivity index (χ3n) is 12.6. The van der Waals surface area contributed by atoms with Gasteiger partial charge in [0.15, 0.2) is 11.4 Å². The van der Waals surface area contributed by atoms with E-state index in [0.29, 0.717) is 61.0 Å². The molecule has 0 radical (unpaired) electrons. The summed E-state index contributed by atoms with van der Waals surface area (Å²) < 4.78 is 156. The summed E-state index contributed by atoms with van der Waals surface area (Å²) in [5, 5.41) is 13.4. The maximum absolute atomic E-state index is 13.4. The molecular formula is C46H50F12N8O4. The lowest BCUT2D eigenvalue weighted by atomic mass is 9.86. The molecule has 0 spiro atoms. The number of piperidine rings is 2. The minimum atomic E-state index is -4.63. The third-order valence-corrected chi connectivity index (χ3v) is 12.6. The number of aromatic amines is 2. The van der Waals surface area contributed by atoms with Gasteiger partial charge in [0.1, 0.15) is 12.8 Å². The average Bonchev–Trinajstić information content (AvgIpc) is 3.99. The molecule has 2 N–H and O–H groups in total. The Bertz CT molecular complexity index is 2480. The lowest BCUT2D eigenvalue weighted by molar-refractivity contribution is -0.163. The highest BCUT2D eigenvalue weighted by molar-refractivity contribution is 5.95. The molecule has 4 aliphatic rings. The number of nitrogens with zero attached hydrogens (tertiary/aromatic N) is 6. The van der Waals surface area contributed by atoms with Gasteiger partial charge in [-0.25, -0.2) is 0 Å². The molecule has 0 unspecified atom stereocenters. The number of rotatable bonds is 6. The number of aromatic nitrogens is 4. The third kappa shape index (κ3) is 12.8. The molecule has 6 heterocycles. The minimum absolute atomic E-state index is 0.0291. The van der Waals surface area contributed by atoms with Gasteiger partial charge in [0.05, 0.1) is 29.9 Å². The number of aryl methyl sites for hydroxylation is 1. The van der Waals surface area contributed by atoms with Crippen molar-refractivity contribution in [1.29, 1.82) is 0 Å². The molecule has 382 valence electrons. The van der Waals surface area contributed by atoms with Crippen LogP contribution in [0.25, 0.3) is 0 Å². The highest BCUT2D eigenvalue weighted by atomic mass is 19.4. The van der Waals surface area contributed by atoms with E-state index in [1.165, 1.54) is 34.1 Å². The lowest BCUT2D eigenvalue weighted by Gasteiger charge is -2.33. The van der Waals surface area contributed by atoms with Crippen LogP contribution in [-0.4, -0.2) is 109 Å². The molecule has 0 aliphatic carbocycles. The number of amides is 4. The molecule has 4 aliphatic heterocycles. The maximum Gasteiger partial charge on any atom is 0.416 e. The van der Waals surface area contributed by atoms with Gasteiger partial charge >= 0.3 is 24.7 Å². The van der Waals surface area contributed by atoms with E-state index >= 15 is 0 Å². The molecule has 24 heteroatoms. The Morgan fingerprint density at radius 2 is 0.914 bits per heavy atom. The van der Waals surface area contributed by atoms with Crippen molar-refractivity contribution in [2.75, 3.05) is 32.7 Å². The zero-order chi connectivity index (χ0) is 51.3. The summed E-state index contributed by atoms with van der Waals surface area (Å²) in [5.74, 6) is -3.77. The summed E-state index contributed by atoms with van der Waals surface area (Å²) >= 11 is 0. The second-order valence-electron chi connectivity index (χ2n) is 17.1. The van der Waals surface area contributed by atoms with Crippen molar-refractivity contribution >= 4 is 23.6 Å². The Morgan fingerprint density at radius 3 is 1.34 bits per heavy atom. The summed E-state index contributed by atoms with van der Waals surface area (Å²) in [6.07, 6.45) is -19.1. The van der Waals surface area contributed by atoms with E-state index < -0.39 is 72.3 Å². The van der Waals surface area contributed by atoms with Gasteiger partial charge in [-0.05, 0) is 73.6 Å². The van der Waals surface area contributed by atoms with Gasteiger partial charge in [0, 0.05) is 56.1 Å². The summed E-state index contributed by atoms with van der Waals surface area (Å²) in [4.78, 5) is 55.3. The lowest BCUT2D eigenvalue weighted by Crippen LogP contribution is -2.39. The van der Waals surface area contributed by atoms with Crippen LogP contribution in [-0.2, 0) is 48.0 Å². The standard InChI is InChI=1S/C23H24F6N4O2.C21H20F6N4O2.C2H6/c24-22(25,26)12-19(34)33-9-3-6-18-16(13-33)20(31-30-18)21(35)32-10-7-14(8-11-32)15-4-1-2-5-17(15)23(27,28)29;22-20(23,24)9-17(32)31-10-14-16(11-31)28-29-18(14)19(33)30-7-5-12(6-8-30)13-3-1-2-4-15(13)21(25,26)27;1-2/h1-2,4-5,14H,3,6-13H2,(H,30,31);1-4,12H,5-11H2,(H,28,29);1-2H3. The summed E-state index contributed by atoms with van der Waals surface area (Å²) in [6.45, 7) is 4.59. The topological polar surface area (TPSA) is 139 Å². The number of hydrogen-bond donors (Lipinski definition) is 2. The van der Waals surface area contributed by atoms with E-state index in [0.717, 1.165) is 21.9 Å². The number of hydrogen-bond acceptors (Lipinski definition) is 6. The van der Waals surface area contributed by atoms with E-state index in [4.69, 9.17) is 0 Å². The van der Waals surface area contributed by atoms with Gasteiger partial charge in [0.2, 0.25) is 11.8 Å². The van der Waals surface area contributed by atoms with Gasteiger partial charge in [-0.3, -0.25) is 29.4 Å². The number of likely N-dealkylation sites (tertiary alicyclic amines) is 2. The van der Waals surface area contributed by atoms with Gasteiger partial charge in [-0.15, -0.1) is 0 Å². The molecular weight excluding hydrogens is 957 g/mol. The van der Waals surface area contributed by atoms with Crippen LogP contribution >= 0.6 is 0 Å². The second-order valence-corrected chi connectivity index (χ2v) is 17.1. The monoisotopic (exact) mass is 1010 g/mol. The van der Waals surface area contributed by atoms with Crippen LogP contribution < -0.4 is 0 Å². The van der Waals surface area contributed by atoms with Crippen LogP contribution in [0.1, 0.15) is 136 Å². The van der Waals surface area contributed by atoms with Crippen molar-refractivity contribution in [3.63, 3.8) is 0 Å². The first-order valence-corrected chi connectivity index (χ1v) is 22.6. The second kappa shape index (κ2) is 21.5. The Kier molecular flexibility index (Phi) is 16.3. The molecule has 2 aromatic carbocycles. The largest absolute Gasteiger partial charge is 0.416 e. The number of halogens is 12. The van der Waals surface area contributed by atoms with E-state index in [2.05, 4.69) is 20.4 Å². The smallest absolute Gasteiger partial charge is 0.338 e. The van der Waals surface area contributed by atoms with Crippen molar-refractivity contribution in [1.82, 2.24) is 40.0 Å². The van der Waals surface area contributed by atoms with Crippen molar-refractivity contribution in [2.45, 2.75) is 121 Å². The van der Waals surface area contributed by atoms with E-state index in [9.17, 15) is 71.9 Å². The number of nitrogens with one attached hydrogen (secondary N) is 2. The molecule has 8 rings (SSSR count). The van der Waals surface area contributed by atoms with Crippen molar-refractivity contribution < 1.29 is 71.9 Å². The molecule has 2 aromatic heterocycles. The van der Waals surface area contributed by atoms with Gasteiger partial charge in [-0.1, -0.05) is 50.2 Å². The molecule has 2 saturated heterocycles. The molecule has 4 amide bonds. The van der Waals surface area contributed by atoms with E-state index in [1.807, 2.05) is 13.8 Å². The van der Waals surface area contributed by atoms with E-state index in [1.54, 1.807) is 12.1 Å². The molecule has 4 aromatic rings. The van der Waals surface area contributed by atoms with Crippen LogP contribution in [0.15, 0.2) is 48.5 Å². The van der Waals surface area contributed by atoms with E-state index in [-0.39, 0.29) is 86.7 Å². The molecule has 0 saturated carbocycles. The number of H-pyrrole nitrogens is 2. The number of alkyl halides is 12. The Labute approximate surface area is 393 Å². The summed E-state index contributed by atoms with van der Waals surface area (Å²) in [7, 11) is 0. The molecule has 12 nitrogen and oxygen atoms in total. The number of carbonyl (C=O) groups is 4. The summed E-state index contributed by atoms with van der Waals surface area (Å²) in [5.41, 5.74) is 0.910.